The molecular formula is C18H24ClN3O2. The molecule has 1 aromatic heterocycles. The second kappa shape index (κ2) is 6.89. The predicted octanol–water partition coefficient (Wildman–Crippen LogP) is 2.98. The van der Waals surface area contributed by atoms with E-state index in [0.29, 0.717) is 42.9 Å². The molecule has 6 heteroatoms. The SMILES string of the molecule is O=C(c1cnc(N2CC[C@H]3CCCC[C@@H]32)c(Cl)c1)N1CCOCC1. The van der Waals surface area contributed by atoms with Crippen molar-refractivity contribution in [2.24, 2.45) is 5.92 Å². The number of rotatable bonds is 2. The highest BCUT2D eigenvalue weighted by Gasteiger charge is 2.37. The molecule has 2 aliphatic heterocycles. The molecule has 1 amide bonds. The molecule has 0 unspecified atom stereocenters. The first-order valence-electron chi connectivity index (χ1n) is 9.03. The Morgan fingerprint density at radius 1 is 1.17 bits per heavy atom. The van der Waals surface area contributed by atoms with Crippen molar-refractivity contribution in [3.63, 3.8) is 0 Å². The van der Waals surface area contributed by atoms with Crippen molar-refractivity contribution >= 4 is 23.3 Å². The lowest BCUT2D eigenvalue weighted by Gasteiger charge is -2.33. The zero-order valence-electron chi connectivity index (χ0n) is 13.9. The molecule has 3 fully saturated rings. The summed E-state index contributed by atoms with van der Waals surface area (Å²) in [4.78, 5) is 21.3. The van der Waals surface area contributed by atoms with E-state index in [1.807, 2.05) is 4.90 Å². The summed E-state index contributed by atoms with van der Waals surface area (Å²) in [5.41, 5.74) is 0.574. The molecular weight excluding hydrogens is 326 g/mol. The third-order valence-electron chi connectivity index (χ3n) is 5.65. The number of anilines is 1. The van der Waals surface area contributed by atoms with Gasteiger partial charge >= 0.3 is 0 Å². The van der Waals surface area contributed by atoms with Gasteiger partial charge in [-0.15, -0.1) is 0 Å². The van der Waals surface area contributed by atoms with Crippen LogP contribution in [0, 0.1) is 5.92 Å². The molecule has 130 valence electrons. The van der Waals surface area contributed by atoms with E-state index in [1.54, 1.807) is 12.3 Å². The van der Waals surface area contributed by atoms with Crippen LogP contribution in [0.25, 0.3) is 0 Å². The molecule has 3 heterocycles. The van der Waals surface area contributed by atoms with Crippen LogP contribution in [0.3, 0.4) is 0 Å². The van der Waals surface area contributed by atoms with Gasteiger partial charge in [0, 0.05) is 31.9 Å². The fourth-order valence-corrected chi connectivity index (χ4v) is 4.65. The highest BCUT2D eigenvalue weighted by Crippen LogP contribution is 2.40. The fraction of sp³-hybridized carbons (Fsp3) is 0.667. The Morgan fingerprint density at radius 2 is 1.96 bits per heavy atom. The Bertz CT molecular complexity index is 618. The number of hydrogen-bond donors (Lipinski definition) is 0. The topological polar surface area (TPSA) is 45.7 Å². The van der Waals surface area contributed by atoms with E-state index in [0.717, 1.165) is 18.3 Å². The molecule has 1 aliphatic carbocycles. The van der Waals surface area contributed by atoms with E-state index in [4.69, 9.17) is 16.3 Å². The van der Waals surface area contributed by atoms with Crippen molar-refractivity contribution in [3.05, 3.63) is 22.8 Å². The first kappa shape index (κ1) is 16.2. The van der Waals surface area contributed by atoms with Crippen LogP contribution in [0.15, 0.2) is 12.3 Å². The Labute approximate surface area is 147 Å². The third kappa shape index (κ3) is 3.00. The van der Waals surface area contributed by atoms with Crippen LogP contribution in [0.1, 0.15) is 42.5 Å². The number of ether oxygens (including phenoxy) is 1. The smallest absolute Gasteiger partial charge is 0.255 e. The lowest BCUT2D eigenvalue weighted by atomic mass is 9.85. The van der Waals surface area contributed by atoms with Crippen molar-refractivity contribution in [1.82, 2.24) is 9.88 Å². The maximum absolute atomic E-state index is 12.6. The molecule has 0 aromatic carbocycles. The van der Waals surface area contributed by atoms with E-state index in [9.17, 15) is 4.79 Å². The number of fused-ring (bicyclic) bond motifs is 1. The number of carbonyl (C=O) groups is 1. The average molecular weight is 350 g/mol. The summed E-state index contributed by atoms with van der Waals surface area (Å²) < 4.78 is 5.30. The number of pyridine rings is 1. The van der Waals surface area contributed by atoms with Crippen molar-refractivity contribution in [2.75, 3.05) is 37.7 Å². The number of halogens is 1. The van der Waals surface area contributed by atoms with Crippen molar-refractivity contribution in [1.29, 1.82) is 0 Å². The number of nitrogens with zero attached hydrogens (tertiary/aromatic N) is 3. The van der Waals surface area contributed by atoms with Gasteiger partial charge in [0.05, 0.1) is 23.8 Å². The summed E-state index contributed by atoms with van der Waals surface area (Å²) in [6.07, 6.45) is 8.13. The molecule has 0 radical (unpaired) electrons. The normalized spacial score (nSPS) is 27.2. The van der Waals surface area contributed by atoms with Gasteiger partial charge in [-0.25, -0.2) is 4.98 Å². The minimum Gasteiger partial charge on any atom is -0.378 e. The molecule has 5 nitrogen and oxygen atoms in total. The van der Waals surface area contributed by atoms with Gasteiger partial charge in [0.2, 0.25) is 0 Å². The van der Waals surface area contributed by atoms with Crippen molar-refractivity contribution in [3.8, 4) is 0 Å². The van der Waals surface area contributed by atoms with Crippen LogP contribution in [0.2, 0.25) is 5.02 Å². The number of amides is 1. The maximum Gasteiger partial charge on any atom is 0.255 e. The average Bonchev–Trinajstić information content (AvgIpc) is 3.06. The number of morpholine rings is 1. The summed E-state index contributed by atoms with van der Waals surface area (Å²) in [6, 6.07) is 2.36. The van der Waals surface area contributed by atoms with E-state index in [2.05, 4.69) is 9.88 Å². The molecule has 0 bridgehead atoms. The predicted molar refractivity (Wildman–Crippen MR) is 93.7 cm³/mol. The zero-order chi connectivity index (χ0) is 16.5. The van der Waals surface area contributed by atoms with Gasteiger partial charge in [-0.05, 0) is 31.2 Å². The Balaban J connectivity index is 1.52. The van der Waals surface area contributed by atoms with Crippen LogP contribution < -0.4 is 4.90 Å². The van der Waals surface area contributed by atoms with E-state index in [1.165, 1.54) is 32.1 Å². The number of hydrogen-bond acceptors (Lipinski definition) is 4. The summed E-state index contributed by atoms with van der Waals surface area (Å²) in [5.74, 6) is 1.63. The molecule has 2 atom stereocenters. The summed E-state index contributed by atoms with van der Waals surface area (Å²) in [6.45, 7) is 3.49. The number of aromatic nitrogens is 1. The lowest BCUT2D eigenvalue weighted by Crippen LogP contribution is -2.40. The minimum absolute atomic E-state index is 0.00350. The molecule has 24 heavy (non-hydrogen) atoms. The Morgan fingerprint density at radius 3 is 2.75 bits per heavy atom. The second-order valence-corrected chi connectivity index (χ2v) is 7.44. The van der Waals surface area contributed by atoms with Crippen LogP contribution in [-0.4, -0.2) is 54.7 Å². The molecule has 1 aromatic rings. The molecule has 4 rings (SSSR count). The quantitative estimate of drug-likeness (QED) is 0.823. The fourth-order valence-electron chi connectivity index (χ4n) is 4.38. The second-order valence-electron chi connectivity index (χ2n) is 7.03. The van der Waals surface area contributed by atoms with Gasteiger partial charge in [0.25, 0.3) is 5.91 Å². The first-order valence-corrected chi connectivity index (χ1v) is 9.41. The van der Waals surface area contributed by atoms with Crippen LogP contribution in [-0.2, 0) is 4.74 Å². The van der Waals surface area contributed by atoms with Gasteiger partial charge < -0.3 is 14.5 Å². The monoisotopic (exact) mass is 349 g/mol. The number of carbonyl (C=O) groups excluding carboxylic acids is 1. The van der Waals surface area contributed by atoms with Crippen LogP contribution >= 0.6 is 11.6 Å². The molecule has 0 spiro atoms. The Kier molecular flexibility index (Phi) is 4.63. The van der Waals surface area contributed by atoms with Gasteiger partial charge in [-0.3, -0.25) is 4.79 Å². The van der Waals surface area contributed by atoms with Gasteiger partial charge in [0.1, 0.15) is 5.82 Å². The van der Waals surface area contributed by atoms with E-state index < -0.39 is 0 Å². The highest BCUT2D eigenvalue weighted by molar-refractivity contribution is 6.33. The summed E-state index contributed by atoms with van der Waals surface area (Å²) >= 11 is 6.52. The molecule has 3 aliphatic rings. The highest BCUT2D eigenvalue weighted by atomic mass is 35.5. The van der Waals surface area contributed by atoms with Gasteiger partial charge in [-0.1, -0.05) is 24.4 Å². The van der Waals surface area contributed by atoms with Gasteiger partial charge in [-0.2, -0.15) is 0 Å². The third-order valence-corrected chi connectivity index (χ3v) is 5.93. The van der Waals surface area contributed by atoms with E-state index >= 15 is 0 Å². The first-order chi connectivity index (χ1) is 11.7. The zero-order valence-corrected chi connectivity index (χ0v) is 14.7. The van der Waals surface area contributed by atoms with Crippen molar-refractivity contribution < 1.29 is 9.53 Å². The minimum atomic E-state index is -0.00350. The summed E-state index contributed by atoms with van der Waals surface area (Å²) in [7, 11) is 0. The van der Waals surface area contributed by atoms with Crippen LogP contribution in [0.4, 0.5) is 5.82 Å². The maximum atomic E-state index is 12.6. The lowest BCUT2D eigenvalue weighted by molar-refractivity contribution is 0.0302. The van der Waals surface area contributed by atoms with Crippen LogP contribution in [0.5, 0.6) is 0 Å². The Hall–Kier alpha value is -1.33. The van der Waals surface area contributed by atoms with E-state index in [-0.39, 0.29) is 5.91 Å². The molecule has 1 saturated carbocycles. The molecule has 0 N–H and O–H groups in total. The van der Waals surface area contributed by atoms with Crippen molar-refractivity contribution in [2.45, 2.75) is 38.1 Å². The largest absolute Gasteiger partial charge is 0.378 e. The standard InChI is InChI=1S/C18H24ClN3O2/c19-15-11-14(18(23)21-7-9-24-10-8-21)12-20-17(15)22-6-5-13-3-1-2-4-16(13)22/h11-13,16H,1-10H2/t13-,16+/m1/s1. The summed E-state index contributed by atoms with van der Waals surface area (Å²) in [5, 5.41) is 0.598. The molecule has 2 saturated heterocycles. The van der Waals surface area contributed by atoms with Gasteiger partial charge in [0.15, 0.2) is 0 Å².